The minimum atomic E-state index is -0.821. The second kappa shape index (κ2) is 6.12. The Hall–Kier alpha value is -0.940. The topological polar surface area (TPSA) is 40.5 Å². The second-order valence-corrected chi connectivity index (χ2v) is 5.04. The van der Waals surface area contributed by atoms with Crippen molar-refractivity contribution in [2.75, 3.05) is 13.6 Å². The Balaban J connectivity index is 2.58. The molecule has 0 aromatic heterocycles. The van der Waals surface area contributed by atoms with Gasteiger partial charge in [0.1, 0.15) is 5.82 Å². The summed E-state index contributed by atoms with van der Waals surface area (Å²) in [4.78, 5) is 12.6. The van der Waals surface area contributed by atoms with Crippen molar-refractivity contribution in [1.29, 1.82) is 0 Å². The zero-order valence-corrected chi connectivity index (χ0v) is 11.4. The lowest BCUT2D eigenvalue weighted by Gasteiger charge is -2.19. The maximum Gasteiger partial charge on any atom is 0.307 e. The van der Waals surface area contributed by atoms with Gasteiger partial charge in [-0.05, 0) is 40.7 Å². The molecule has 17 heavy (non-hydrogen) atoms. The van der Waals surface area contributed by atoms with Crippen molar-refractivity contribution in [3.05, 3.63) is 34.1 Å². The molecule has 0 bridgehead atoms. The molecule has 1 aromatic rings. The third-order valence-corrected chi connectivity index (χ3v) is 3.09. The van der Waals surface area contributed by atoms with Crippen LogP contribution in [-0.2, 0) is 11.3 Å². The first kappa shape index (κ1) is 14.1. The number of nitrogens with zero attached hydrogens (tertiary/aromatic N) is 1. The highest BCUT2D eigenvalue weighted by molar-refractivity contribution is 9.10. The van der Waals surface area contributed by atoms with E-state index in [0.29, 0.717) is 17.6 Å². The Morgan fingerprint density at radius 3 is 2.76 bits per heavy atom. The van der Waals surface area contributed by atoms with Gasteiger partial charge in [-0.3, -0.25) is 4.79 Å². The smallest absolute Gasteiger partial charge is 0.307 e. The van der Waals surface area contributed by atoms with Gasteiger partial charge < -0.3 is 10.0 Å². The number of hydrogen-bond acceptors (Lipinski definition) is 2. The molecule has 1 atom stereocenters. The van der Waals surface area contributed by atoms with Crippen molar-refractivity contribution < 1.29 is 14.3 Å². The molecule has 0 aliphatic rings. The molecule has 0 aliphatic carbocycles. The molecule has 0 amide bonds. The second-order valence-electron chi connectivity index (χ2n) is 4.18. The monoisotopic (exact) mass is 303 g/mol. The summed E-state index contributed by atoms with van der Waals surface area (Å²) in [5.41, 5.74) is 0.825. The molecule has 1 aromatic carbocycles. The van der Waals surface area contributed by atoms with E-state index in [-0.39, 0.29) is 5.82 Å². The van der Waals surface area contributed by atoms with E-state index in [2.05, 4.69) is 15.9 Å². The van der Waals surface area contributed by atoms with Gasteiger partial charge in [0.2, 0.25) is 0 Å². The normalized spacial score (nSPS) is 12.8. The van der Waals surface area contributed by atoms with Crippen LogP contribution in [0.2, 0.25) is 0 Å². The molecule has 1 unspecified atom stereocenters. The van der Waals surface area contributed by atoms with Gasteiger partial charge in [-0.1, -0.05) is 13.0 Å². The van der Waals surface area contributed by atoms with Crippen molar-refractivity contribution in [2.24, 2.45) is 5.92 Å². The lowest BCUT2D eigenvalue weighted by molar-refractivity contribution is -0.141. The molecule has 94 valence electrons. The predicted molar refractivity (Wildman–Crippen MR) is 67.2 cm³/mol. The lowest BCUT2D eigenvalue weighted by atomic mass is 10.1. The summed E-state index contributed by atoms with van der Waals surface area (Å²) in [6.45, 7) is 2.62. The Bertz CT molecular complexity index is 411. The molecular weight excluding hydrogens is 289 g/mol. The zero-order chi connectivity index (χ0) is 13.0. The number of benzene rings is 1. The van der Waals surface area contributed by atoms with Gasteiger partial charge in [0, 0.05) is 13.1 Å². The van der Waals surface area contributed by atoms with Gasteiger partial charge >= 0.3 is 5.97 Å². The minimum Gasteiger partial charge on any atom is -0.481 e. The van der Waals surface area contributed by atoms with Crippen LogP contribution in [0.4, 0.5) is 4.39 Å². The molecule has 1 rings (SSSR count). The summed E-state index contributed by atoms with van der Waals surface area (Å²) in [5.74, 6) is -1.55. The molecule has 0 radical (unpaired) electrons. The number of rotatable bonds is 5. The third-order valence-electron chi connectivity index (χ3n) is 2.44. The Kier molecular flexibility index (Phi) is 5.08. The van der Waals surface area contributed by atoms with Crippen LogP contribution in [0.1, 0.15) is 12.5 Å². The standard InChI is InChI=1S/C12H15BrFNO2/c1-8(12(16)17)6-15(2)7-9-3-4-10(13)11(14)5-9/h3-5,8H,6-7H2,1-2H3,(H,16,17). The van der Waals surface area contributed by atoms with Crippen molar-refractivity contribution in [3.8, 4) is 0 Å². The summed E-state index contributed by atoms with van der Waals surface area (Å²) in [6, 6.07) is 4.92. The molecule has 0 aliphatic heterocycles. The van der Waals surface area contributed by atoms with Crippen LogP contribution < -0.4 is 0 Å². The van der Waals surface area contributed by atoms with Crippen LogP contribution in [0.3, 0.4) is 0 Å². The predicted octanol–water partition coefficient (Wildman–Crippen LogP) is 2.74. The van der Waals surface area contributed by atoms with Crippen LogP contribution in [0.15, 0.2) is 22.7 Å². The van der Waals surface area contributed by atoms with Crippen LogP contribution in [-0.4, -0.2) is 29.6 Å². The fourth-order valence-corrected chi connectivity index (χ4v) is 1.81. The Morgan fingerprint density at radius 2 is 2.24 bits per heavy atom. The summed E-state index contributed by atoms with van der Waals surface area (Å²) < 4.78 is 13.7. The van der Waals surface area contributed by atoms with Gasteiger partial charge in [0.05, 0.1) is 10.4 Å². The van der Waals surface area contributed by atoms with Gasteiger partial charge in [-0.15, -0.1) is 0 Å². The van der Waals surface area contributed by atoms with Crippen molar-refractivity contribution in [3.63, 3.8) is 0 Å². The van der Waals surface area contributed by atoms with E-state index in [1.165, 1.54) is 6.07 Å². The quantitative estimate of drug-likeness (QED) is 0.909. The van der Waals surface area contributed by atoms with E-state index in [9.17, 15) is 9.18 Å². The highest BCUT2D eigenvalue weighted by Gasteiger charge is 2.13. The van der Waals surface area contributed by atoms with Crippen molar-refractivity contribution in [2.45, 2.75) is 13.5 Å². The van der Waals surface area contributed by atoms with Gasteiger partial charge in [0.15, 0.2) is 0 Å². The molecular formula is C12H15BrFNO2. The maximum absolute atomic E-state index is 13.3. The molecule has 3 nitrogen and oxygen atoms in total. The van der Waals surface area contributed by atoms with Crippen molar-refractivity contribution in [1.82, 2.24) is 4.90 Å². The third kappa shape index (κ3) is 4.44. The summed E-state index contributed by atoms with van der Waals surface area (Å²) in [5, 5.41) is 8.78. The molecule has 1 N–H and O–H groups in total. The lowest BCUT2D eigenvalue weighted by Crippen LogP contribution is -2.28. The van der Waals surface area contributed by atoms with Gasteiger partial charge in [0.25, 0.3) is 0 Å². The largest absolute Gasteiger partial charge is 0.481 e. The number of hydrogen-bond donors (Lipinski definition) is 1. The van der Waals surface area contributed by atoms with Gasteiger partial charge in [-0.25, -0.2) is 4.39 Å². The van der Waals surface area contributed by atoms with Gasteiger partial charge in [-0.2, -0.15) is 0 Å². The molecule has 0 heterocycles. The number of halogens is 2. The highest BCUT2D eigenvalue weighted by Crippen LogP contribution is 2.17. The van der Waals surface area contributed by atoms with E-state index in [1.807, 2.05) is 18.0 Å². The minimum absolute atomic E-state index is 0.304. The van der Waals surface area contributed by atoms with E-state index in [4.69, 9.17) is 5.11 Å². The van der Waals surface area contributed by atoms with E-state index >= 15 is 0 Å². The number of aliphatic carboxylic acids is 1. The first-order valence-electron chi connectivity index (χ1n) is 5.25. The Morgan fingerprint density at radius 1 is 1.59 bits per heavy atom. The van der Waals surface area contributed by atoms with E-state index in [1.54, 1.807) is 13.0 Å². The Labute approximate surface area is 108 Å². The average Bonchev–Trinajstić information content (AvgIpc) is 2.23. The number of carboxylic acid groups (broad SMARTS) is 1. The first-order chi connectivity index (χ1) is 7.90. The zero-order valence-electron chi connectivity index (χ0n) is 9.78. The van der Waals surface area contributed by atoms with E-state index in [0.717, 1.165) is 5.56 Å². The van der Waals surface area contributed by atoms with E-state index < -0.39 is 11.9 Å². The highest BCUT2D eigenvalue weighted by atomic mass is 79.9. The average molecular weight is 304 g/mol. The van der Waals surface area contributed by atoms with Crippen LogP contribution >= 0.6 is 15.9 Å². The van der Waals surface area contributed by atoms with Crippen LogP contribution in [0, 0.1) is 11.7 Å². The van der Waals surface area contributed by atoms with Crippen molar-refractivity contribution >= 4 is 21.9 Å². The van der Waals surface area contributed by atoms with Crippen LogP contribution in [0.5, 0.6) is 0 Å². The fraction of sp³-hybridized carbons (Fsp3) is 0.417. The first-order valence-corrected chi connectivity index (χ1v) is 6.04. The molecule has 0 saturated heterocycles. The summed E-state index contributed by atoms with van der Waals surface area (Å²) in [7, 11) is 1.82. The summed E-state index contributed by atoms with van der Waals surface area (Å²) in [6.07, 6.45) is 0. The van der Waals surface area contributed by atoms with Crippen LogP contribution in [0.25, 0.3) is 0 Å². The SMILES string of the molecule is CC(CN(C)Cc1ccc(Br)c(F)c1)C(=O)O. The molecule has 5 heteroatoms. The maximum atomic E-state index is 13.3. The fourth-order valence-electron chi connectivity index (χ4n) is 1.56. The number of carbonyl (C=O) groups is 1. The summed E-state index contributed by atoms with van der Waals surface area (Å²) >= 11 is 3.09. The molecule has 0 spiro atoms. The number of carboxylic acids is 1. The molecule has 0 saturated carbocycles. The molecule has 0 fully saturated rings.